The van der Waals surface area contributed by atoms with Gasteiger partial charge in [0, 0.05) is 11.8 Å². The molecule has 2 saturated heterocycles. The van der Waals surface area contributed by atoms with Gasteiger partial charge in [0.25, 0.3) is 0 Å². The number of carbonyl (C=O) groups is 4. The number of rotatable bonds is 3. The van der Waals surface area contributed by atoms with Gasteiger partial charge in [0.05, 0.1) is 35.0 Å². The zero-order chi connectivity index (χ0) is 28.9. The van der Waals surface area contributed by atoms with Crippen molar-refractivity contribution in [3.8, 4) is 0 Å². The lowest BCUT2D eigenvalue weighted by Crippen LogP contribution is -2.51. The summed E-state index contributed by atoms with van der Waals surface area (Å²) in [5.74, 6) is -3.90. The highest BCUT2D eigenvalue weighted by atomic mass is 16.2. The van der Waals surface area contributed by atoms with Crippen LogP contribution in [0.3, 0.4) is 0 Å². The molecule has 4 amide bonds. The number of hydrogen-bond donors (Lipinski definition) is 0. The number of aryl methyl sites for hydroxylation is 2. The predicted octanol–water partition coefficient (Wildman–Crippen LogP) is 5.50. The van der Waals surface area contributed by atoms with Crippen LogP contribution in [0.2, 0.25) is 0 Å². The highest BCUT2D eigenvalue weighted by Gasteiger charge is 2.67. The van der Waals surface area contributed by atoms with Crippen LogP contribution in [0.5, 0.6) is 0 Å². The molecule has 42 heavy (non-hydrogen) atoms. The zero-order valence-electron chi connectivity index (χ0n) is 23.4. The fourth-order valence-corrected chi connectivity index (χ4v) is 8.56. The van der Waals surface area contributed by atoms with Crippen LogP contribution in [0.1, 0.15) is 23.1 Å². The number of carbonyl (C=O) groups excluding carboxylic acids is 4. The normalized spacial score (nSPS) is 31.1. The summed E-state index contributed by atoms with van der Waals surface area (Å²) in [6.45, 7) is 3.89. The fourth-order valence-electron chi connectivity index (χ4n) is 8.56. The van der Waals surface area contributed by atoms with E-state index in [0.717, 1.165) is 27.8 Å². The lowest BCUT2D eigenvalue weighted by molar-refractivity contribution is -0.129. The molecule has 7 atom stereocenters. The average molecular weight is 555 g/mol. The zero-order valence-corrected chi connectivity index (χ0v) is 23.4. The summed E-state index contributed by atoms with van der Waals surface area (Å²) in [4.78, 5) is 59.3. The third-order valence-electron chi connectivity index (χ3n) is 10.2. The molecule has 0 aromatic heterocycles. The van der Waals surface area contributed by atoms with E-state index < -0.39 is 23.7 Å². The van der Waals surface area contributed by atoms with E-state index in [1.165, 1.54) is 9.80 Å². The molecule has 0 N–H and O–H groups in total. The molecule has 208 valence electrons. The molecule has 6 nitrogen and oxygen atoms in total. The van der Waals surface area contributed by atoms with Gasteiger partial charge < -0.3 is 0 Å². The van der Waals surface area contributed by atoms with E-state index in [0.29, 0.717) is 17.8 Å². The van der Waals surface area contributed by atoms with E-state index >= 15 is 0 Å². The molecule has 9 rings (SSSR count). The van der Waals surface area contributed by atoms with Gasteiger partial charge in [0.1, 0.15) is 0 Å². The first-order valence-electron chi connectivity index (χ1n) is 14.7. The van der Waals surface area contributed by atoms with Crippen molar-refractivity contribution in [2.75, 3.05) is 9.80 Å². The third-order valence-corrected chi connectivity index (χ3v) is 10.2. The van der Waals surface area contributed by atoms with E-state index in [9.17, 15) is 19.2 Å². The number of fused-ring (bicyclic) bond motifs is 1. The highest BCUT2D eigenvalue weighted by molar-refractivity contribution is 6.24. The van der Waals surface area contributed by atoms with Crippen LogP contribution in [0.25, 0.3) is 5.57 Å². The SMILES string of the molecule is Cc1cccc(N2C(=O)[C@H]3[C@@H]4C=C[C@@H](C5=C(c6ccccc6)C[C@@H]6C(=O)N(c7cccc(C)c7)C(=O)[C@H]6[C@H]54)[C@H]3C2=O)c1. The van der Waals surface area contributed by atoms with Crippen LogP contribution in [0.4, 0.5) is 11.4 Å². The summed E-state index contributed by atoms with van der Waals surface area (Å²) in [5.41, 5.74) is 6.25. The van der Waals surface area contributed by atoms with Crippen molar-refractivity contribution in [1.82, 2.24) is 0 Å². The Morgan fingerprint density at radius 1 is 0.595 bits per heavy atom. The first kappa shape index (κ1) is 25.2. The Labute approximate surface area is 244 Å². The molecule has 0 spiro atoms. The number of imide groups is 2. The van der Waals surface area contributed by atoms with Gasteiger partial charge in [-0.25, -0.2) is 4.90 Å². The summed E-state index contributed by atoms with van der Waals surface area (Å²) in [7, 11) is 0. The average Bonchev–Trinajstić information content (AvgIpc) is 3.42. The second-order valence-electron chi connectivity index (χ2n) is 12.4. The monoisotopic (exact) mass is 554 g/mol. The van der Waals surface area contributed by atoms with Gasteiger partial charge >= 0.3 is 0 Å². The second kappa shape index (κ2) is 8.96. The smallest absolute Gasteiger partial charge is 0.238 e. The van der Waals surface area contributed by atoms with Crippen molar-refractivity contribution in [2.24, 2.45) is 41.4 Å². The van der Waals surface area contributed by atoms with Gasteiger partial charge in [-0.3, -0.25) is 24.1 Å². The Morgan fingerprint density at radius 2 is 1.19 bits per heavy atom. The van der Waals surface area contributed by atoms with Gasteiger partial charge in [-0.15, -0.1) is 0 Å². The molecule has 4 aliphatic carbocycles. The van der Waals surface area contributed by atoms with Crippen molar-refractivity contribution in [3.05, 3.63) is 113 Å². The quantitative estimate of drug-likeness (QED) is 0.316. The van der Waals surface area contributed by atoms with Crippen molar-refractivity contribution in [2.45, 2.75) is 20.3 Å². The second-order valence-corrected chi connectivity index (χ2v) is 12.4. The Bertz CT molecular complexity index is 1770. The molecule has 6 heteroatoms. The Kier molecular flexibility index (Phi) is 5.37. The molecule has 0 unspecified atom stereocenters. The van der Waals surface area contributed by atoms with Crippen molar-refractivity contribution in [1.29, 1.82) is 0 Å². The van der Waals surface area contributed by atoms with Gasteiger partial charge in [-0.2, -0.15) is 0 Å². The molecule has 2 heterocycles. The van der Waals surface area contributed by atoms with E-state index in [1.54, 1.807) is 0 Å². The molecular weight excluding hydrogens is 524 g/mol. The van der Waals surface area contributed by atoms with Gasteiger partial charge in [0.2, 0.25) is 23.6 Å². The van der Waals surface area contributed by atoms with Crippen molar-refractivity contribution < 1.29 is 19.2 Å². The lowest BCUT2D eigenvalue weighted by atomic mass is 9.49. The molecular formula is C36H30N2O4. The standard InChI is InChI=1S/C36H30N2O4/c1-19-8-6-12-22(16-19)37-33(39)27-18-26(21-10-4-3-5-11-21)28-24-14-15-25(29(28)32(27)36(37)42)31-30(24)34(40)38(35(31)41)23-13-7-9-20(2)17-23/h3-17,24-25,27,29-32H,18H2,1-2H3/t24-,25+,27-,29-,30+,31-,32+/m0/s1. The van der Waals surface area contributed by atoms with Gasteiger partial charge in [-0.05, 0) is 72.7 Å². The van der Waals surface area contributed by atoms with Crippen molar-refractivity contribution >= 4 is 40.6 Å². The maximum atomic E-state index is 14.3. The number of nitrogens with zero attached hydrogens (tertiary/aromatic N) is 2. The van der Waals surface area contributed by atoms with Crippen LogP contribution in [-0.2, 0) is 19.2 Å². The molecule has 2 aliphatic heterocycles. The minimum Gasteiger partial charge on any atom is -0.274 e. The molecule has 3 aromatic carbocycles. The van der Waals surface area contributed by atoms with Crippen LogP contribution in [0, 0.1) is 55.3 Å². The Balaban J connectivity index is 1.29. The van der Waals surface area contributed by atoms with E-state index in [2.05, 4.69) is 12.2 Å². The molecule has 6 aliphatic rings. The third kappa shape index (κ3) is 3.32. The summed E-state index contributed by atoms with van der Waals surface area (Å²) < 4.78 is 0. The van der Waals surface area contributed by atoms with Gasteiger partial charge in [-0.1, -0.05) is 72.3 Å². The summed E-state index contributed by atoms with van der Waals surface area (Å²) in [6.07, 6.45) is 4.58. The van der Waals surface area contributed by atoms with Crippen LogP contribution >= 0.6 is 0 Å². The maximum absolute atomic E-state index is 14.3. The first-order valence-corrected chi connectivity index (χ1v) is 14.7. The summed E-state index contributed by atoms with van der Waals surface area (Å²) in [5, 5.41) is 0. The molecule has 3 aromatic rings. The molecule has 3 fully saturated rings. The Hall–Kier alpha value is -4.58. The number of amides is 4. The van der Waals surface area contributed by atoms with Crippen LogP contribution in [0.15, 0.2) is 96.6 Å². The number of benzene rings is 3. The number of allylic oxidation sites excluding steroid dienone is 4. The number of anilines is 2. The summed E-state index contributed by atoms with van der Waals surface area (Å²) in [6, 6.07) is 25.0. The van der Waals surface area contributed by atoms with E-state index in [4.69, 9.17) is 0 Å². The topological polar surface area (TPSA) is 74.8 Å². The first-order chi connectivity index (χ1) is 20.3. The predicted molar refractivity (Wildman–Crippen MR) is 159 cm³/mol. The fraction of sp³-hybridized carbons (Fsp3) is 0.278. The molecule has 0 radical (unpaired) electrons. The van der Waals surface area contributed by atoms with E-state index in [-0.39, 0.29) is 41.4 Å². The molecule has 1 saturated carbocycles. The van der Waals surface area contributed by atoms with Crippen molar-refractivity contribution in [3.63, 3.8) is 0 Å². The van der Waals surface area contributed by atoms with Crippen LogP contribution < -0.4 is 9.80 Å². The maximum Gasteiger partial charge on any atom is 0.238 e. The number of hydrogen-bond acceptors (Lipinski definition) is 4. The minimum atomic E-state index is -0.574. The van der Waals surface area contributed by atoms with E-state index in [1.807, 2.05) is 92.7 Å². The Morgan fingerprint density at radius 3 is 1.83 bits per heavy atom. The lowest BCUT2D eigenvalue weighted by Gasteiger charge is -2.51. The highest BCUT2D eigenvalue weighted by Crippen LogP contribution is 2.63. The van der Waals surface area contributed by atoms with Crippen LogP contribution in [-0.4, -0.2) is 23.6 Å². The molecule has 2 bridgehead atoms. The minimum absolute atomic E-state index is 0.175. The van der Waals surface area contributed by atoms with Gasteiger partial charge in [0.15, 0.2) is 0 Å². The summed E-state index contributed by atoms with van der Waals surface area (Å²) >= 11 is 0. The largest absolute Gasteiger partial charge is 0.274 e.